The highest BCUT2D eigenvalue weighted by molar-refractivity contribution is 5.95. The molecule has 1 unspecified atom stereocenters. The van der Waals surface area contributed by atoms with Gasteiger partial charge < -0.3 is 15.4 Å². The average molecular weight is 286 g/mol. The van der Waals surface area contributed by atoms with Crippen LogP contribution in [-0.2, 0) is 16.1 Å². The molecule has 6 nitrogen and oxygen atoms in total. The zero-order valence-electron chi connectivity index (χ0n) is 11.7. The quantitative estimate of drug-likeness (QED) is 0.874. The van der Waals surface area contributed by atoms with Gasteiger partial charge in [0.2, 0.25) is 0 Å². The van der Waals surface area contributed by atoms with Gasteiger partial charge in [-0.15, -0.1) is 0 Å². The first-order valence-electron chi connectivity index (χ1n) is 7.01. The van der Waals surface area contributed by atoms with Crippen LogP contribution in [0.2, 0.25) is 0 Å². The first-order valence-corrected chi connectivity index (χ1v) is 7.01. The molecule has 2 N–H and O–H groups in total. The first kappa shape index (κ1) is 13.8. The maximum absolute atomic E-state index is 12.2. The van der Waals surface area contributed by atoms with Crippen LogP contribution < -0.4 is 10.6 Å². The molecule has 1 aliphatic rings. The third-order valence-corrected chi connectivity index (χ3v) is 3.39. The van der Waals surface area contributed by atoms with E-state index in [-0.39, 0.29) is 5.91 Å². The van der Waals surface area contributed by atoms with Gasteiger partial charge >= 0.3 is 0 Å². The van der Waals surface area contributed by atoms with Gasteiger partial charge in [0.05, 0.1) is 13.2 Å². The Kier molecular flexibility index (Phi) is 4.28. The second kappa shape index (κ2) is 6.51. The Hall–Kier alpha value is -2.18. The Balaban J connectivity index is 1.71. The van der Waals surface area contributed by atoms with Gasteiger partial charge in [-0.05, 0) is 17.7 Å². The van der Waals surface area contributed by atoms with E-state index >= 15 is 0 Å². The van der Waals surface area contributed by atoms with Crippen molar-refractivity contribution in [2.75, 3.05) is 25.0 Å². The van der Waals surface area contributed by atoms with Crippen molar-refractivity contribution in [3.05, 3.63) is 48.3 Å². The maximum atomic E-state index is 12.2. The second-order valence-electron chi connectivity index (χ2n) is 4.91. The molecule has 1 aromatic heterocycles. The minimum Gasteiger partial charge on any atom is -0.366 e. The number of nitrogens with one attached hydrogen (secondary N) is 2. The molecule has 1 aromatic carbocycles. The highest BCUT2D eigenvalue weighted by atomic mass is 16.5. The van der Waals surface area contributed by atoms with Crippen molar-refractivity contribution in [3.8, 4) is 0 Å². The fraction of sp³-hybridized carbons (Fsp3) is 0.333. The molecule has 1 amide bonds. The van der Waals surface area contributed by atoms with Gasteiger partial charge in [-0.1, -0.05) is 18.2 Å². The van der Waals surface area contributed by atoms with Crippen molar-refractivity contribution in [2.45, 2.75) is 12.6 Å². The Labute approximate surface area is 123 Å². The van der Waals surface area contributed by atoms with Crippen LogP contribution in [0.5, 0.6) is 0 Å². The summed E-state index contributed by atoms with van der Waals surface area (Å²) in [5, 5.41) is 10.3. The molecule has 0 bridgehead atoms. The van der Waals surface area contributed by atoms with Crippen LogP contribution in [0.1, 0.15) is 5.56 Å². The third kappa shape index (κ3) is 3.48. The normalized spacial score (nSPS) is 18.4. The van der Waals surface area contributed by atoms with Crippen molar-refractivity contribution in [3.63, 3.8) is 0 Å². The minimum atomic E-state index is -0.434. The Morgan fingerprint density at radius 3 is 3.10 bits per heavy atom. The van der Waals surface area contributed by atoms with E-state index in [1.54, 1.807) is 6.20 Å². The summed E-state index contributed by atoms with van der Waals surface area (Å²) >= 11 is 0. The molecule has 1 saturated heterocycles. The van der Waals surface area contributed by atoms with E-state index in [4.69, 9.17) is 4.74 Å². The van der Waals surface area contributed by atoms with Gasteiger partial charge in [0.15, 0.2) is 0 Å². The van der Waals surface area contributed by atoms with Gasteiger partial charge in [-0.25, -0.2) is 0 Å². The van der Waals surface area contributed by atoms with Crippen LogP contribution in [-0.4, -0.2) is 41.5 Å². The average Bonchev–Trinajstić information content (AvgIpc) is 3.03. The number of aromatic nitrogens is 2. The van der Waals surface area contributed by atoms with E-state index in [2.05, 4.69) is 15.7 Å². The molecule has 1 atom stereocenters. The lowest BCUT2D eigenvalue weighted by Crippen LogP contribution is -2.45. The first-order chi connectivity index (χ1) is 10.3. The predicted octanol–water partition coefficient (Wildman–Crippen LogP) is 0.858. The number of hydrogen-bond acceptors (Lipinski definition) is 4. The van der Waals surface area contributed by atoms with E-state index in [0.29, 0.717) is 19.7 Å². The van der Waals surface area contributed by atoms with E-state index < -0.39 is 6.10 Å². The van der Waals surface area contributed by atoms with Crippen LogP contribution in [0.4, 0.5) is 5.69 Å². The summed E-state index contributed by atoms with van der Waals surface area (Å²) in [6.07, 6.45) is 3.20. The van der Waals surface area contributed by atoms with Gasteiger partial charge in [0, 0.05) is 31.2 Å². The SMILES string of the molecule is O=C(Nc1ccccc1Cn1cccn1)C1CNCCO1. The number of anilines is 1. The van der Waals surface area contributed by atoms with Crippen LogP contribution in [0.15, 0.2) is 42.7 Å². The number of benzene rings is 1. The summed E-state index contributed by atoms with van der Waals surface area (Å²) in [5.41, 5.74) is 1.81. The standard InChI is InChI=1S/C15H18N4O2/c20-15(14-10-16-7-9-21-14)18-13-5-2-1-4-12(13)11-19-8-3-6-17-19/h1-6,8,14,16H,7,9-11H2,(H,18,20). The Morgan fingerprint density at radius 1 is 1.43 bits per heavy atom. The van der Waals surface area contributed by atoms with Crippen LogP contribution in [0.25, 0.3) is 0 Å². The Bertz CT molecular complexity index is 591. The van der Waals surface area contributed by atoms with Crippen LogP contribution in [0.3, 0.4) is 0 Å². The summed E-state index contributed by atoms with van der Waals surface area (Å²) in [7, 11) is 0. The van der Waals surface area contributed by atoms with Crippen molar-refractivity contribution in [2.24, 2.45) is 0 Å². The molecular formula is C15H18N4O2. The molecule has 6 heteroatoms. The van der Waals surface area contributed by atoms with Crippen molar-refractivity contribution >= 4 is 11.6 Å². The number of hydrogen-bond donors (Lipinski definition) is 2. The molecule has 2 heterocycles. The number of carbonyl (C=O) groups is 1. The number of ether oxygens (including phenoxy) is 1. The molecule has 3 rings (SSSR count). The van der Waals surface area contributed by atoms with E-state index in [1.807, 2.05) is 41.2 Å². The fourth-order valence-electron chi connectivity index (χ4n) is 2.30. The third-order valence-electron chi connectivity index (χ3n) is 3.39. The van der Waals surface area contributed by atoms with Crippen molar-refractivity contribution in [1.82, 2.24) is 15.1 Å². The molecule has 2 aromatic rings. The molecular weight excluding hydrogens is 268 g/mol. The van der Waals surface area contributed by atoms with Crippen LogP contribution in [0, 0.1) is 0 Å². The van der Waals surface area contributed by atoms with Crippen molar-refractivity contribution in [1.29, 1.82) is 0 Å². The van der Waals surface area contributed by atoms with Gasteiger partial charge in [0.25, 0.3) is 5.91 Å². The van der Waals surface area contributed by atoms with Gasteiger partial charge in [-0.2, -0.15) is 5.10 Å². The molecule has 1 fully saturated rings. The maximum Gasteiger partial charge on any atom is 0.254 e. The molecule has 1 aliphatic heterocycles. The lowest BCUT2D eigenvalue weighted by atomic mass is 10.1. The largest absolute Gasteiger partial charge is 0.366 e. The number of carbonyl (C=O) groups excluding carboxylic acids is 1. The summed E-state index contributed by atoms with van der Waals surface area (Å²) in [5.74, 6) is -0.116. The second-order valence-corrected chi connectivity index (χ2v) is 4.91. The van der Waals surface area contributed by atoms with Crippen molar-refractivity contribution < 1.29 is 9.53 Å². The number of para-hydroxylation sites is 1. The highest BCUT2D eigenvalue weighted by Crippen LogP contribution is 2.17. The van der Waals surface area contributed by atoms with Gasteiger partial charge in [0.1, 0.15) is 6.10 Å². The number of amides is 1. The fourth-order valence-corrected chi connectivity index (χ4v) is 2.30. The summed E-state index contributed by atoms with van der Waals surface area (Å²) in [6, 6.07) is 9.61. The zero-order chi connectivity index (χ0) is 14.5. The Morgan fingerprint density at radius 2 is 2.33 bits per heavy atom. The molecule has 21 heavy (non-hydrogen) atoms. The molecule has 0 spiro atoms. The van der Waals surface area contributed by atoms with Crippen LogP contribution >= 0.6 is 0 Å². The highest BCUT2D eigenvalue weighted by Gasteiger charge is 2.22. The predicted molar refractivity (Wildman–Crippen MR) is 79.0 cm³/mol. The lowest BCUT2D eigenvalue weighted by molar-refractivity contribution is -0.128. The van der Waals surface area contributed by atoms with E-state index in [0.717, 1.165) is 17.8 Å². The molecule has 0 saturated carbocycles. The summed E-state index contributed by atoms with van der Waals surface area (Å²) in [6.45, 7) is 2.52. The van der Waals surface area contributed by atoms with Gasteiger partial charge in [-0.3, -0.25) is 9.48 Å². The lowest BCUT2D eigenvalue weighted by Gasteiger charge is -2.23. The number of nitrogens with zero attached hydrogens (tertiary/aromatic N) is 2. The smallest absolute Gasteiger partial charge is 0.254 e. The monoisotopic (exact) mass is 286 g/mol. The van der Waals surface area contributed by atoms with E-state index in [1.165, 1.54) is 0 Å². The van der Waals surface area contributed by atoms with E-state index in [9.17, 15) is 4.79 Å². The minimum absolute atomic E-state index is 0.116. The number of morpholine rings is 1. The number of rotatable bonds is 4. The topological polar surface area (TPSA) is 68.2 Å². The summed E-state index contributed by atoms with van der Waals surface area (Å²) < 4.78 is 7.29. The zero-order valence-corrected chi connectivity index (χ0v) is 11.7. The molecule has 0 aliphatic carbocycles. The molecule has 0 radical (unpaired) electrons. The molecule has 110 valence electrons. The summed E-state index contributed by atoms with van der Waals surface area (Å²) in [4.78, 5) is 12.2.